The van der Waals surface area contributed by atoms with Crippen LogP contribution < -0.4 is 4.90 Å². The van der Waals surface area contributed by atoms with Crippen molar-refractivity contribution >= 4 is 5.69 Å². The molecule has 1 saturated heterocycles. The number of benzene rings is 2. The fraction of sp³-hybridized carbons (Fsp3) is 0.478. The van der Waals surface area contributed by atoms with Crippen LogP contribution in [0.2, 0.25) is 0 Å². The highest BCUT2D eigenvalue weighted by molar-refractivity contribution is 5.49. The monoisotopic (exact) mass is 404 g/mol. The summed E-state index contributed by atoms with van der Waals surface area (Å²) in [5.41, 5.74) is 2.82. The number of anilines is 1. The molecule has 0 saturated carbocycles. The van der Waals surface area contributed by atoms with Crippen molar-refractivity contribution in [2.45, 2.75) is 31.5 Å². The average Bonchev–Trinajstić information content (AvgIpc) is 3.14. The van der Waals surface area contributed by atoms with E-state index in [1.165, 1.54) is 23.3 Å². The van der Waals surface area contributed by atoms with E-state index >= 15 is 0 Å². The lowest BCUT2D eigenvalue weighted by atomic mass is 10.1. The molecule has 6 heteroatoms. The molecule has 0 spiro atoms. The smallest absolute Gasteiger partial charge is 0.373 e. The maximum atomic E-state index is 12.9. The van der Waals surface area contributed by atoms with Gasteiger partial charge in [0, 0.05) is 45.0 Å². The van der Waals surface area contributed by atoms with E-state index in [0.717, 1.165) is 64.7 Å². The van der Waals surface area contributed by atoms with E-state index < -0.39 is 11.7 Å². The van der Waals surface area contributed by atoms with Crippen molar-refractivity contribution in [1.29, 1.82) is 0 Å². The Morgan fingerprint density at radius 2 is 1.76 bits per heavy atom. The lowest BCUT2D eigenvalue weighted by Gasteiger charge is -2.36. The number of hydrogen-bond donors (Lipinski definition) is 0. The van der Waals surface area contributed by atoms with E-state index in [-0.39, 0.29) is 6.10 Å². The molecule has 1 atom stereocenters. The Kier molecular flexibility index (Phi) is 6.11. The SMILES string of the molecule is FC(F)(F)c1cccc(N2CCN(CCCOC3CCc4ccccc43)CC2)c1. The molecule has 29 heavy (non-hydrogen) atoms. The summed E-state index contributed by atoms with van der Waals surface area (Å²) in [6, 6.07) is 14.1. The summed E-state index contributed by atoms with van der Waals surface area (Å²) in [6.07, 6.45) is -0.934. The summed E-state index contributed by atoms with van der Waals surface area (Å²) in [5, 5.41) is 0. The Bertz CT molecular complexity index is 816. The van der Waals surface area contributed by atoms with E-state index in [0.29, 0.717) is 5.69 Å². The van der Waals surface area contributed by atoms with Gasteiger partial charge in [0.15, 0.2) is 0 Å². The second-order valence-electron chi connectivity index (χ2n) is 7.83. The van der Waals surface area contributed by atoms with E-state index in [9.17, 15) is 13.2 Å². The zero-order valence-electron chi connectivity index (χ0n) is 16.5. The molecule has 156 valence electrons. The average molecular weight is 404 g/mol. The summed E-state index contributed by atoms with van der Waals surface area (Å²) in [7, 11) is 0. The second kappa shape index (κ2) is 8.76. The van der Waals surface area contributed by atoms with Crippen molar-refractivity contribution in [2.24, 2.45) is 0 Å². The number of halogens is 3. The Morgan fingerprint density at radius 3 is 2.55 bits per heavy atom. The van der Waals surface area contributed by atoms with Gasteiger partial charge in [-0.15, -0.1) is 0 Å². The van der Waals surface area contributed by atoms with Crippen molar-refractivity contribution in [1.82, 2.24) is 4.90 Å². The van der Waals surface area contributed by atoms with Gasteiger partial charge in [0.2, 0.25) is 0 Å². The number of hydrogen-bond acceptors (Lipinski definition) is 3. The summed E-state index contributed by atoms with van der Waals surface area (Å²) in [6.45, 7) is 4.93. The first kappa shape index (κ1) is 20.2. The van der Waals surface area contributed by atoms with Gasteiger partial charge in [-0.2, -0.15) is 13.2 Å². The Balaban J connectivity index is 1.19. The lowest BCUT2D eigenvalue weighted by Crippen LogP contribution is -2.46. The number of fused-ring (bicyclic) bond motifs is 1. The van der Waals surface area contributed by atoms with Crippen LogP contribution in [-0.2, 0) is 17.3 Å². The first-order valence-electron chi connectivity index (χ1n) is 10.3. The van der Waals surface area contributed by atoms with Crippen LogP contribution in [0.25, 0.3) is 0 Å². The summed E-state index contributed by atoms with van der Waals surface area (Å²) < 4.78 is 44.9. The summed E-state index contributed by atoms with van der Waals surface area (Å²) in [5.74, 6) is 0. The third kappa shape index (κ3) is 4.93. The number of alkyl halides is 3. The zero-order valence-corrected chi connectivity index (χ0v) is 16.5. The molecule has 4 rings (SSSR count). The van der Waals surface area contributed by atoms with Gasteiger partial charge >= 0.3 is 6.18 Å². The fourth-order valence-electron chi connectivity index (χ4n) is 4.31. The standard InChI is InChI=1S/C23H27F3N2O/c24-23(25,26)19-6-3-7-20(17-19)28-14-12-27(13-15-28)11-4-16-29-22-10-9-18-5-1-2-8-21(18)22/h1-3,5-8,17,22H,4,9-16H2. The molecular formula is C23H27F3N2O. The molecule has 2 aromatic carbocycles. The van der Waals surface area contributed by atoms with Crippen molar-refractivity contribution in [3.05, 3.63) is 65.2 Å². The Morgan fingerprint density at radius 1 is 0.966 bits per heavy atom. The minimum absolute atomic E-state index is 0.226. The largest absolute Gasteiger partial charge is 0.416 e. The van der Waals surface area contributed by atoms with E-state index in [1.54, 1.807) is 6.07 Å². The molecule has 0 aromatic heterocycles. The van der Waals surface area contributed by atoms with Crippen LogP contribution in [0, 0.1) is 0 Å². The molecule has 0 N–H and O–H groups in total. The van der Waals surface area contributed by atoms with E-state index in [1.807, 2.05) is 4.90 Å². The minimum atomic E-state index is -4.29. The molecule has 3 nitrogen and oxygen atoms in total. The molecule has 1 aliphatic heterocycles. The van der Waals surface area contributed by atoms with E-state index in [4.69, 9.17) is 4.74 Å². The van der Waals surface area contributed by atoms with Crippen LogP contribution in [0.1, 0.15) is 35.6 Å². The molecule has 0 amide bonds. The van der Waals surface area contributed by atoms with Gasteiger partial charge in [0.05, 0.1) is 11.7 Å². The molecule has 2 aromatic rings. The highest BCUT2D eigenvalue weighted by Gasteiger charge is 2.31. The van der Waals surface area contributed by atoms with E-state index in [2.05, 4.69) is 29.2 Å². The topological polar surface area (TPSA) is 15.7 Å². The van der Waals surface area contributed by atoms with Crippen LogP contribution in [0.4, 0.5) is 18.9 Å². The number of piperazine rings is 1. The van der Waals surface area contributed by atoms with Crippen LogP contribution in [0.15, 0.2) is 48.5 Å². The van der Waals surface area contributed by atoms with Gasteiger partial charge in [-0.25, -0.2) is 0 Å². The molecule has 1 aliphatic carbocycles. The van der Waals surface area contributed by atoms with Gasteiger partial charge in [-0.3, -0.25) is 4.90 Å². The number of aryl methyl sites for hydroxylation is 1. The normalized spacial score (nSPS) is 20.1. The molecular weight excluding hydrogens is 377 g/mol. The fourth-order valence-corrected chi connectivity index (χ4v) is 4.31. The quantitative estimate of drug-likeness (QED) is 0.636. The van der Waals surface area contributed by atoms with Gasteiger partial charge in [-0.1, -0.05) is 30.3 Å². The second-order valence-corrected chi connectivity index (χ2v) is 7.83. The first-order chi connectivity index (χ1) is 14.0. The van der Waals surface area contributed by atoms with Crippen LogP contribution in [0.3, 0.4) is 0 Å². The molecule has 2 aliphatic rings. The summed E-state index contributed by atoms with van der Waals surface area (Å²) >= 11 is 0. The van der Waals surface area contributed by atoms with Gasteiger partial charge in [0.25, 0.3) is 0 Å². The van der Waals surface area contributed by atoms with Crippen molar-refractivity contribution in [3.63, 3.8) is 0 Å². The number of rotatable bonds is 6. The highest BCUT2D eigenvalue weighted by atomic mass is 19.4. The maximum Gasteiger partial charge on any atom is 0.416 e. The minimum Gasteiger partial charge on any atom is -0.373 e. The van der Waals surface area contributed by atoms with Gasteiger partial charge < -0.3 is 9.64 Å². The van der Waals surface area contributed by atoms with Crippen molar-refractivity contribution in [2.75, 3.05) is 44.2 Å². The predicted molar refractivity (Wildman–Crippen MR) is 108 cm³/mol. The first-order valence-corrected chi connectivity index (χ1v) is 10.3. The van der Waals surface area contributed by atoms with Gasteiger partial charge in [-0.05, 0) is 48.6 Å². The van der Waals surface area contributed by atoms with Crippen LogP contribution in [0.5, 0.6) is 0 Å². The Hall–Kier alpha value is -2.05. The van der Waals surface area contributed by atoms with Crippen molar-refractivity contribution in [3.8, 4) is 0 Å². The Labute approximate surface area is 170 Å². The highest BCUT2D eigenvalue weighted by Crippen LogP contribution is 2.34. The maximum absolute atomic E-state index is 12.9. The summed E-state index contributed by atoms with van der Waals surface area (Å²) in [4.78, 5) is 4.41. The molecule has 0 radical (unpaired) electrons. The third-order valence-electron chi connectivity index (χ3n) is 5.93. The number of nitrogens with zero attached hydrogens (tertiary/aromatic N) is 2. The molecule has 1 unspecified atom stereocenters. The van der Waals surface area contributed by atoms with Gasteiger partial charge in [0.1, 0.15) is 0 Å². The predicted octanol–water partition coefficient (Wildman–Crippen LogP) is 4.92. The molecule has 1 heterocycles. The van der Waals surface area contributed by atoms with Crippen molar-refractivity contribution < 1.29 is 17.9 Å². The molecule has 0 bridgehead atoms. The number of ether oxygens (including phenoxy) is 1. The molecule has 1 fully saturated rings. The third-order valence-corrected chi connectivity index (χ3v) is 5.93. The van der Waals surface area contributed by atoms with Crippen LogP contribution in [-0.4, -0.2) is 44.2 Å². The van der Waals surface area contributed by atoms with Crippen LogP contribution >= 0.6 is 0 Å². The lowest BCUT2D eigenvalue weighted by molar-refractivity contribution is -0.137. The zero-order chi connectivity index (χ0) is 20.3.